The molecule has 2 rings (SSSR count). The van der Waals surface area contributed by atoms with E-state index in [4.69, 9.17) is 4.74 Å². The molecular weight excluding hydrogens is 302 g/mol. The van der Waals surface area contributed by atoms with Gasteiger partial charge in [-0.3, -0.25) is 9.59 Å². The number of anilines is 1. The summed E-state index contributed by atoms with van der Waals surface area (Å²) in [5.74, 6) is 0.160. The molecule has 6 nitrogen and oxygen atoms in total. The number of amides is 2. The predicted octanol–water partition coefficient (Wildman–Crippen LogP) is 2.43. The van der Waals surface area contributed by atoms with E-state index in [1.165, 1.54) is 37.5 Å². The number of hydrogen-bond donors (Lipinski definition) is 2. The fraction of sp³-hybridized carbons (Fsp3) is 0.667. The fourth-order valence-corrected chi connectivity index (χ4v) is 3.32. The number of rotatable bonds is 6. The lowest BCUT2D eigenvalue weighted by Gasteiger charge is -2.28. The molecule has 1 saturated carbocycles. The van der Waals surface area contributed by atoms with Crippen LogP contribution < -0.4 is 10.6 Å². The largest absolute Gasteiger partial charge is 0.376 e. The van der Waals surface area contributed by atoms with Gasteiger partial charge in [0.05, 0.1) is 12.7 Å². The topological polar surface area (TPSA) is 80.3 Å². The van der Waals surface area contributed by atoms with Crippen LogP contribution in [0.15, 0.2) is 5.38 Å². The third-order valence-electron chi connectivity index (χ3n) is 3.77. The number of hydrogen-bond acceptors (Lipinski definition) is 5. The maximum atomic E-state index is 11.9. The maximum absolute atomic E-state index is 11.9. The molecule has 0 saturated heterocycles. The first-order chi connectivity index (χ1) is 10.6. The van der Waals surface area contributed by atoms with Crippen molar-refractivity contribution >= 4 is 28.3 Å². The minimum Gasteiger partial charge on any atom is -0.376 e. The Morgan fingerprint density at radius 3 is 2.91 bits per heavy atom. The van der Waals surface area contributed by atoms with Crippen molar-refractivity contribution < 1.29 is 14.3 Å². The molecule has 2 N–H and O–H groups in total. The fourth-order valence-electron chi connectivity index (χ4n) is 2.58. The molecule has 2 amide bonds. The zero-order chi connectivity index (χ0) is 15.9. The molecule has 1 fully saturated rings. The number of carbonyl (C=O) groups excluding carboxylic acids is 2. The van der Waals surface area contributed by atoms with Crippen LogP contribution in [0.25, 0.3) is 0 Å². The molecule has 0 aliphatic heterocycles. The molecule has 1 aromatic rings. The Balaban J connectivity index is 1.69. The quantitative estimate of drug-likeness (QED) is 0.787. The van der Waals surface area contributed by atoms with Crippen LogP contribution in [0.4, 0.5) is 5.13 Å². The van der Waals surface area contributed by atoms with Crippen molar-refractivity contribution in [2.24, 2.45) is 5.92 Å². The van der Waals surface area contributed by atoms with Crippen LogP contribution in [0.1, 0.15) is 50.0 Å². The van der Waals surface area contributed by atoms with Gasteiger partial charge in [-0.2, -0.15) is 0 Å². The van der Waals surface area contributed by atoms with Crippen molar-refractivity contribution in [2.45, 2.75) is 45.6 Å². The summed E-state index contributed by atoms with van der Waals surface area (Å²) in [6.45, 7) is 4.62. The van der Waals surface area contributed by atoms with Gasteiger partial charge in [0.2, 0.25) is 5.91 Å². The van der Waals surface area contributed by atoms with E-state index in [1.807, 2.05) is 0 Å². The van der Waals surface area contributed by atoms with E-state index in [1.54, 1.807) is 5.38 Å². The van der Waals surface area contributed by atoms with E-state index in [-0.39, 0.29) is 11.8 Å². The zero-order valence-corrected chi connectivity index (χ0v) is 13.9. The van der Waals surface area contributed by atoms with E-state index >= 15 is 0 Å². The summed E-state index contributed by atoms with van der Waals surface area (Å²) >= 11 is 1.23. The first-order valence-electron chi connectivity index (χ1n) is 7.69. The molecule has 0 bridgehead atoms. The first kappa shape index (κ1) is 16.9. The number of thiazole rings is 1. The molecule has 1 aliphatic carbocycles. The van der Waals surface area contributed by atoms with Crippen molar-refractivity contribution in [1.82, 2.24) is 10.3 Å². The molecule has 0 unspecified atom stereocenters. The summed E-state index contributed by atoms with van der Waals surface area (Å²) in [6.07, 6.45) is 5.17. The van der Waals surface area contributed by atoms with Gasteiger partial charge >= 0.3 is 0 Å². The first-order valence-corrected chi connectivity index (χ1v) is 8.57. The van der Waals surface area contributed by atoms with E-state index in [2.05, 4.69) is 22.5 Å². The second-order valence-electron chi connectivity index (χ2n) is 5.65. The lowest BCUT2D eigenvalue weighted by Crippen LogP contribution is -2.32. The van der Waals surface area contributed by atoms with E-state index < -0.39 is 0 Å². The van der Waals surface area contributed by atoms with Crippen molar-refractivity contribution in [1.29, 1.82) is 0 Å². The lowest BCUT2D eigenvalue weighted by molar-refractivity contribution is -0.114. The second-order valence-corrected chi connectivity index (χ2v) is 6.50. The third kappa shape index (κ3) is 5.06. The van der Waals surface area contributed by atoms with Gasteiger partial charge in [-0.1, -0.05) is 19.8 Å². The molecule has 22 heavy (non-hydrogen) atoms. The van der Waals surface area contributed by atoms with Crippen LogP contribution in [-0.2, 0) is 9.53 Å². The zero-order valence-electron chi connectivity index (χ0n) is 13.1. The number of nitrogens with one attached hydrogen (secondary N) is 2. The smallest absolute Gasteiger partial charge is 0.270 e. The Kier molecular flexibility index (Phi) is 6.33. The van der Waals surface area contributed by atoms with Crippen LogP contribution >= 0.6 is 11.3 Å². The van der Waals surface area contributed by atoms with Gasteiger partial charge in [-0.05, 0) is 18.8 Å². The van der Waals surface area contributed by atoms with Gasteiger partial charge in [-0.15, -0.1) is 11.3 Å². The van der Waals surface area contributed by atoms with E-state index in [0.717, 1.165) is 6.42 Å². The molecule has 122 valence electrons. The molecule has 2 atom stereocenters. The normalized spacial score (nSPS) is 21.4. The van der Waals surface area contributed by atoms with Crippen LogP contribution in [0, 0.1) is 5.92 Å². The Morgan fingerprint density at radius 2 is 2.18 bits per heavy atom. The van der Waals surface area contributed by atoms with Gasteiger partial charge in [0.1, 0.15) is 5.69 Å². The van der Waals surface area contributed by atoms with Crippen molar-refractivity contribution in [3.8, 4) is 0 Å². The highest BCUT2D eigenvalue weighted by Crippen LogP contribution is 2.26. The van der Waals surface area contributed by atoms with Crippen LogP contribution in [0.3, 0.4) is 0 Å². The summed E-state index contributed by atoms with van der Waals surface area (Å²) < 4.78 is 5.85. The van der Waals surface area contributed by atoms with Crippen molar-refractivity contribution in [3.05, 3.63) is 11.1 Å². The van der Waals surface area contributed by atoms with Crippen molar-refractivity contribution in [2.75, 3.05) is 18.5 Å². The number of carbonyl (C=O) groups is 2. The summed E-state index contributed by atoms with van der Waals surface area (Å²) in [5, 5.41) is 7.41. The SMILES string of the molecule is CC(=O)Nc1nc(C(=O)NCCO[C@@H]2CCCC[C@H]2C)cs1. The van der Waals surface area contributed by atoms with Gasteiger partial charge < -0.3 is 15.4 Å². The Labute approximate surface area is 134 Å². The molecule has 1 heterocycles. The average Bonchev–Trinajstić information content (AvgIpc) is 2.93. The minimum absolute atomic E-state index is 0.198. The summed E-state index contributed by atoms with van der Waals surface area (Å²) in [7, 11) is 0. The molecule has 0 spiro atoms. The number of ether oxygens (including phenoxy) is 1. The van der Waals surface area contributed by atoms with Gasteiger partial charge in [0.15, 0.2) is 5.13 Å². The van der Waals surface area contributed by atoms with E-state index in [0.29, 0.717) is 36.0 Å². The second kappa shape index (κ2) is 8.24. The predicted molar refractivity (Wildman–Crippen MR) is 86.1 cm³/mol. The summed E-state index contributed by atoms with van der Waals surface area (Å²) in [4.78, 5) is 26.9. The monoisotopic (exact) mass is 325 g/mol. The van der Waals surface area contributed by atoms with Crippen LogP contribution in [0.5, 0.6) is 0 Å². The molecule has 0 radical (unpaired) electrons. The van der Waals surface area contributed by atoms with Gasteiger partial charge in [-0.25, -0.2) is 4.98 Å². The maximum Gasteiger partial charge on any atom is 0.270 e. The van der Waals surface area contributed by atoms with Crippen LogP contribution in [-0.4, -0.2) is 36.1 Å². The summed E-state index contributed by atoms with van der Waals surface area (Å²) in [5.41, 5.74) is 0.319. The Bertz CT molecular complexity index is 518. The highest BCUT2D eigenvalue weighted by molar-refractivity contribution is 7.14. The molecule has 1 aliphatic rings. The van der Waals surface area contributed by atoms with Crippen molar-refractivity contribution in [3.63, 3.8) is 0 Å². The average molecular weight is 325 g/mol. The standard InChI is InChI=1S/C15H23N3O3S/c1-10-5-3-4-6-13(10)21-8-7-16-14(20)12-9-22-15(18-12)17-11(2)19/h9-10,13H,3-8H2,1-2H3,(H,16,20)(H,17,18,19)/t10-,13-/m1/s1. The highest BCUT2D eigenvalue weighted by atomic mass is 32.1. The van der Waals surface area contributed by atoms with E-state index in [9.17, 15) is 9.59 Å². The minimum atomic E-state index is -0.242. The Morgan fingerprint density at radius 1 is 1.41 bits per heavy atom. The Hall–Kier alpha value is -1.47. The highest BCUT2D eigenvalue weighted by Gasteiger charge is 2.21. The molecule has 0 aromatic carbocycles. The number of aromatic nitrogens is 1. The molecule has 1 aromatic heterocycles. The number of nitrogens with zero attached hydrogens (tertiary/aromatic N) is 1. The molecule has 7 heteroatoms. The summed E-state index contributed by atoms with van der Waals surface area (Å²) in [6, 6.07) is 0. The lowest BCUT2D eigenvalue weighted by atomic mass is 9.88. The molecular formula is C15H23N3O3S. The van der Waals surface area contributed by atoms with Crippen LogP contribution in [0.2, 0.25) is 0 Å². The third-order valence-corrected chi connectivity index (χ3v) is 4.53. The van der Waals surface area contributed by atoms with Gasteiger partial charge in [0.25, 0.3) is 5.91 Å². The van der Waals surface area contributed by atoms with Gasteiger partial charge in [0, 0.05) is 18.8 Å².